The minimum Gasteiger partial charge on any atom is -0.504 e. The first kappa shape index (κ1) is 20.6. The molecule has 0 saturated carbocycles. The SMILES string of the molecule is CCC1CCCN1CNC(=O)c1ccc(-c2ccc(O)c(OC)c2)s1.Cl. The molecule has 1 amide bonds. The van der Waals surface area contributed by atoms with E-state index in [4.69, 9.17) is 4.74 Å². The van der Waals surface area contributed by atoms with E-state index >= 15 is 0 Å². The Morgan fingerprint density at radius 3 is 2.92 bits per heavy atom. The summed E-state index contributed by atoms with van der Waals surface area (Å²) in [4.78, 5) is 16.4. The Bertz CT molecular complexity index is 750. The van der Waals surface area contributed by atoms with E-state index in [1.807, 2.05) is 18.2 Å². The van der Waals surface area contributed by atoms with Gasteiger partial charge < -0.3 is 15.2 Å². The molecule has 7 heteroatoms. The van der Waals surface area contributed by atoms with Gasteiger partial charge in [0.15, 0.2) is 11.5 Å². The van der Waals surface area contributed by atoms with E-state index in [2.05, 4.69) is 17.1 Å². The number of amides is 1. The summed E-state index contributed by atoms with van der Waals surface area (Å²) in [5.74, 6) is 0.497. The molecule has 1 aromatic carbocycles. The van der Waals surface area contributed by atoms with Gasteiger partial charge >= 0.3 is 0 Å². The molecular formula is C19H25ClN2O3S. The molecule has 0 aliphatic carbocycles. The third-order valence-electron chi connectivity index (χ3n) is 4.71. The normalized spacial score (nSPS) is 16.9. The molecule has 1 atom stereocenters. The maximum Gasteiger partial charge on any atom is 0.262 e. The van der Waals surface area contributed by atoms with Crippen molar-refractivity contribution in [3.8, 4) is 21.9 Å². The summed E-state index contributed by atoms with van der Waals surface area (Å²) in [6.45, 7) is 3.86. The van der Waals surface area contributed by atoms with E-state index in [0.29, 0.717) is 23.3 Å². The van der Waals surface area contributed by atoms with Crippen molar-refractivity contribution in [3.63, 3.8) is 0 Å². The van der Waals surface area contributed by atoms with Gasteiger partial charge in [-0.05, 0) is 55.2 Å². The van der Waals surface area contributed by atoms with E-state index in [-0.39, 0.29) is 24.1 Å². The molecule has 26 heavy (non-hydrogen) atoms. The van der Waals surface area contributed by atoms with Gasteiger partial charge in [-0.3, -0.25) is 9.69 Å². The number of rotatable bonds is 6. The zero-order valence-electron chi connectivity index (χ0n) is 15.0. The number of thiophene rings is 1. The van der Waals surface area contributed by atoms with Crippen LogP contribution in [-0.2, 0) is 0 Å². The van der Waals surface area contributed by atoms with Crippen LogP contribution in [0.15, 0.2) is 30.3 Å². The molecule has 1 aliphatic rings. The van der Waals surface area contributed by atoms with Crippen LogP contribution in [0.5, 0.6) is 11.5 Å². The van der Waals surface area contributed by atoms with Crippen LogP contribution in [0.3, 0.4) is 0 Å². The largest absolute Gasteiger partial charge is 0.504 e. The number of phenolic OH excluding ortho intramolecular Hbond substituents is 1. The van der Waals surface area contributed by atoms with Crippen molar-refractivity contribution in [3.05, 3.63) is 35.2 Å². The molecule has 0 radical (unpaired) electrons. The lowest BCUT2D eigenvalue weighted by Crippen LogP contribution is -2.39. The van der Waals surface area contributed by atoms with Gasteiger partial charge in [-0.15, -0.1) is 23.7 Å². The smallest absolute Gasteiger partial charge is 0.262 e. The number of carbonyl (C=O) groups is 1. The van der Waals surface area contributed by atoms with Crippen LogP contribution < -0.4 is 10.1 Å². The maximum absolute atomic E-state index is 12.4. The second-order valence-corrected chi connectivity index (χ2v) is 7.31. The molecule has 2 N–H and O–H groups in total. The van der Waals surface area contributed by atoms with Crippen LogP contribution in [0.1, 0.15) is 35.9 Å². The van der Waals surface area contributed by atoms with Crippen LogP contribution in [0.25, 0.3) is 10.4 Å². The monoisotopic (exact) mass is 396 g/mol. The fraction of sp³-hybridized carbons (Fsp3) is 0.421. The Labute approximate surface area is 164 Å². The number of halogens is 1. The topological polar surface area (TPSA) is 61.8 Å². The van der Waals surface area contributed by atoms with Crippen LogP contribution in [0.4, 0.5) is 0 Å². The molecule has 2 heterocycles. The first-order chi connectivity index (χ1) is 12.1. The van der Waals surface area contributed by atoms with Gasteiger partial charge in [0.05, 0.1) is 18.7 Å². The van der Waals surface area contributed by atoms with Crippen molar-refractivity contribution in [1.29, 1.82) is 0 Å². The fourth-order valence-corrected chi connectivity index (χ4v) is 4.19. The molecule has 1 unspecified atom stereocenters. The number of nitrogens with one attached hydrogen (secondary N) is 1. The van der Waals surface area contributed by atoms with Gasteiger partial charge in [-0.2, -0.15) is 0 Å². The number of aromatic hydroxyl groups is 1. The molecular weight excluding hydrogens is 372 g/mol. The number of likely N-dealkylation sites (tertiary alicyclic amines) is 1. The molecule has 0 spiro atoms. The summed E-state index contributed by atoms with van der Waals surface area (Å²) in [5.41, 5.74) is 0.921. The van der Waals surface area contributed by atoms with Crippen molar-refractivity contribution in [2.75, 3.05) is 20.3 Å². The zero-order chi connectivity index (χ0) is 17.8. The minimum absolute atomic E-state index is 0. The van der Waals surface area contributed by atoms with Crippen LogP contribution in [0, 0.1) is 0 Å². The molecule has 3 rings (SSSR count). The lowest BCUT2D eigenvalue weighted by atomic mass is 10.1. The van der Waals surface area contributed by atoms with Crippen LogP contribution in [-0.4, -0.2) is 42.3 Å². The fourth-order valence-electron chi connectivity index (χ4n) is 3.27. The van der Waals surface area contributed by atoms with Crippen molar-refractivity contribution < 1.29 is 14.6 Å². The first-order valence-electron chi connectivity index (χ1n) is 8.61. The van der Waals surface area contributed by atoms with Gasteiger partial charge in [-0.1, -0.05) is 6.92 Å². The summed E-state index contributed by atoms with van der Waals surface area (Å²) >= 11 is 1.44. The van der Waals surface area contributed by atoms with E-state index in [1.54, 1.807) is 12.1 Å². The van der Waals surface area contributed by atoms with E-state index in [0.717, 1.165) is 23.4 Å². The summed E-state index contributed by atoms with van der Waals surface area (Å²) in [7, 11) is 1.52. The van der Waals surface area contributed by atoms with Crippen molar-refractivity contribution in [2.24, 2.45) is 0 Å². The Morgan fingerprint density at radius 1 is 1.38 bits per heavy atom. The molecule has 1 saturated heterocycles. The number of hydrogen-bond acceptors (Lipinski definition) is 5. The van der Waals surface area contributed by atoms with Crippen molar-refractivity contribution >= 4 is 29.7 Å². The summed E-state index contributed by atoms with van der Waals surface area (Å²) in [6.07, 6.45) is 3.56. The quantitative estimate of drug-likeness (QED) is 0.771. The summed E-state index contributed by atoms with van der Waals surface area (Å²) in [6, 6.07) is 9.56. The average Bonchev–Trinajstić information content (AvgIpc) is 3.29. The minimum atomic E-state index is -0.0382. The van der Waals surface area contributed by atoms with Gasteiger partial charge in [0.1, 0.15) is 0 Å². The number of hydrogen-bond donors (Lipinski definition) is 2. The Morgan fingerprint density at radius 2 is 2.19 bits per heavy atom. The maximum atomic E-state index is 12.4. The summed E-state index contributed by atoms with van der Waals surface area (Å²) < 4.78 is 5.15. The Balaban J connectivity index is 0.00000243. The Kier molecular flexibility index (Phi) is 7.32. The number of benzene rings is 1. The number of methoxy groups -OCH3 is 1. The number of phenols is 1. The van der Waals surface area contributed by atoms with Gasteiger partial charge in [0.25, 0.3) is 5.91 Å². The second kappa shape index (κ2) is 9.26. The average molecular weight is 397 g/mol. The molecule has 5 nitrogen and oxygen atoms in total. The number of ether oxygens (including phenoxy) is 1. The second-order valence-electron chi connectivity index (χ2n) is 6.23. The highest BCUT2D eigenvalue weighted by atomic mass is 35.5. The first-order valence-corrected chi connectivity index (χ1v) is 9.43. The van der Waals surface area contributed by atoms with Crippen molar-refractivity contribution in [2.45, 2.75) is 32.2 Å². The standard InChI is InChI=1S/C19H24N2O3S.ClH/c1-3-14-5-4-10-21(14)12-20-19(23)18-9-8-17(25-18)13-6-7-15(22)16(11-13)24-2;/h6-9,11,14,22H,3-5,10,12H2,1-2H3,(H,20,23);1H. The molecule has 2 aromatic rings. The molecule has 1 aromatic heterocycles. The van der Waals surface area contributed by atoms with E-state index in [1.165, 1.54) is 31.3 Å². The van der Waals surface area contributed by atoms with Crippen LogP contribution in [0.2, 0.25) is 0 Å². The highest BCUT2D eigenvalue weighted by molar-refractivity contribution is 7.17. The predicted molar refractivity (Wildman–Crippen MR) is 108 cm³/mol. The van der Waals surface area contributed by atoms with Gasteiger partial charge in [0, 0.05) is 17.5 Å². The molecule has 0 bridgehead atoms. The van der Waals surface area contributed by atoms with Gasteiger partial charge in [-0.25, -0.2) is 0 Å². The molecule has 1 aliphatic heterocycles. The van der Waals surface area contributed by atoms with Gasteiger partial charge in [0.2, 0.25) is 0 Å². The predicted octanol–water partition coefficient (Wildman–Crippen LogP) is 4.11. The van der Waals surface area contributed by atoms with E-state index in [9.17, 15) is 9.90 Å². The highest BCUT2D eigenvalue weighted by Crippen LogP contribution is 2.34. The molecule has 142 valence electrons. The lowest BCUT2D eigenvalue weighted by molar-refractivity contribution is 0.0921. The third kappa shape index (κ3) is 4.50. The van der Waals surface area contributed by atoms with Crippen LogP contribution >= 0.6 is 23.7 Å². The highest BCUT2D eigenvalue weighted by Gasteiger charge is 2.23. The number of carbonyl (C=O) groups excluding carboxylic acids is 1. The summed E-state index contributed by atoms with van der Waals surface area (Å²) in [5, 5.41) is 12.7. The molecule has 1 fully saturated rings. The zero-order valence-corrected chi connectivity index (χ0v) is 16.7. The third-order valence-corrected chi connectivity index (χ3v) is 5.84. The Hall–Kier alpha value is -1.76. The van der Waals surface area contributed by atoms with Crippen molar-refractivity contribution in [1.82, 2.24) is 10.2 Å². The van der Waals surface area contributed by atoms with E-state index < -0.39 is 0 Å². The lowest BCUT2D eigenvalue weighted by Gasteiger charge is -2.23. The number of nitrogens with zero attached hydrogens (tertiary/aromatic N) is 1.